The standard InChI is InChI=1S/C6H12N2S/c1-5(2-7-1)9-6-3-8-4-6/h5-8H,1-4H2. The summed E-state index contributed by atoms with van der Waals surface area (Å²) in [6.07, 6.45) is 0. The molecule has 0 atom stereocenters. The summed E-state index contributed by atoms with van der Waals surface area (Å²) in [5.41, 5.74) is 0. The molecule has 0 radical (unpaired) electrons. The van der Waals surface area contributed by atoms with Crippen molar-refractivity contribution in [3.63, 3.8) is 0 Å². The minimum Gasteiger partial charge on any atom is -0.314 e. The first-order valence-electron chi connectivity index (χ1n) is 3.52. The fourth-order valence-electron chi connectivity index (χ4n) is 0.989. The molecule has 0 spiro atoms. The van der Waals surface area contributed by atoms with Crippen LogP contribution >= 0.6 is 11.8 Å². The van der Waals surface area contributed by atoms with E-state index in [1.807, 2.05) is 0 Å². The smallest absolute Gasteiger partial charge is 0.0300 e. The van der Waals surface area contributed by atoms with Crippen LogP contribution in [-0.2, 0) is 0 Å². The van der Waals surface area contributed by atoms with Gasteiger partial charge < -0.3 is 10.6 Å². The van der Waals surface area contributed by atoms with Gasteiger partial charge in [-0.25, -0.2) is 0 Å². The predicted octanol–water partition coefficient (Wildman–Crippen LogP) is -0.337. The lowest BCUT2D eigenvalue weighted by molar-refractivity contribution is 0.515. The molecule has 0 bridgehead atoms. The summed E-state index contributed by atoms with van der Waals surface area (Å²) in [6.45, 7) is 4.95. The van der Waals surface area contributed by atoms with Gasteiger partial charge in [-0.15, -0.1) is 11.8 Å². The Bertz CT molecular complexity index is 87.2. The van der Waals surface area contributed by atoms with Crippen molar-refractivity contribution in [2.24, 2.45) is 0 Å². The Hall–Kier alpha value is 0.270. The van der Waals surface area contributed by atoms with Crippen molar-refractivity contribution in [3.05, 3.63) is 0 Å². The van der Waals surface area contributed by atoms with Gasteiger partial charge in [0.15, 0.2) is 0 Å². The maximum absolute atomic E-state index is 3.27. The van der Waals surface area contributed by atoms with Gasteiger partial charge in [0, 0.05) is 36.7 Å². The molecule has 2 rings (SSSR count). The summed E-state index contributed by atoms with van der Waals surface area (Å²) in [6, 6.07) is 0. The molecule has 2 N–H and O–H groups in total. The van der Waals surface area contributed by atoms with Crippen molar-refractivity contribution >= 4 is 11.8 Å². The van der Waals surface area contributed by atoms with Gasteiger partial charge in [-0.1, -0.05) is 0 Å². The predicted molar refractivity (Wildman–Crippen MR) is 40.9 cm³/mol. The van der Waals surface area contributed by atoms with Crippen molar-refractivity contribution in [1.82, 2.24) is 10.6 Å². The molecule has 52 valence electrons. The second-order valence-corrected chi connectivity index (χ2v) is 4.30. The van der Waals surface area contributed by atoms with E-state index in [-0.39, 0.29) is 0 Å². The maximum Gasteiger partial charge on any atom is 0.0300 e. The van der Waals surface area contributed by atoms with Crippen molar-refractivity contribution in [1.29, 1.82) is 0 Å². The maximum atomic E-state index is 3.27. The van der Waals surface area contributed by atoms with Crippen LogP contribution in [0.25, 0.3) is 0 Å². The first-order chi connectivity index (χ1) is 4.45. The molecule has 2 aliphatic heterocycles. The number of hydrogen-bond donors (Lipinski definition) is 2. The van der Waals surface area contributed by atoms with E-state index >= 15 is 0 Å². The van der Waals surface area contributed by atoms with Crippen LogP contribution < -0.4 is 10.6 Å². The molecule has 0 aliphatic carbocycles. The number of hydrogen-bond acceptors (Lipinski definition) is 3. The molecule has 9 heavy (non-hydrogen) atoms. The van der Waals surface area contributed by atoms with E-state index in [2.05, 4.69) is 22.4 Å². The van der Waals surface area contributed by atoms with Gasteiger partial charge in [-0.2, -0.15) is 0 Å². The Balaban J connectivity index is 1.64. The van der Waals surface area contributed by atoms with E-state index in [0.717, 1.165) is 10.5 Å². The lowest BCUT2D eigenvalue weighted by Gasteiger charge is -2.34. The van der Waals surface area contributed by atoms with E-state index in [0.29, 0.717) is 0 Å². The van der Waals surface area contributed by atoms with Crippen LogP contribution in [0.15, 0.2) is 0 Å². The highest BCUT2D eigenvalue weighted by atomic mass is 32.2. The zero-order chi connectivity index (χ0) is 6.10. The van der Waals surface area contributed by atoms with Gasteiger partial charge >= 0.3 is 0 Å². The fourth-order valence-corrected chi connectivity index (χ4v) is 2.39. The Morgan fingerprint density at radius 2 is 1.33 bits per heavy atom. The van der Waals surface area contributed by atoms with Gasteiger partial charge in [0.05, 0.1) is 0 Å². The fraction of sp³-hybridized carbons (Fsp3) is 1.00. The summed E-state index contributed by atoms with van der Waals surface area (Å²) in [5.74, 6) is 0. The van der Waals surface area contributed by atoms with Gasteiger partial charge in [-0.05, 0) is 0 Å². The average molecular weight is 144 g/mol. The van der Waals surface area contributed by atoms with E-state index in [4.69, 9.17) is 0 Å². The summed E-state index contributed by atoms with van der Waals surface area (Å²) in [7, 11) is 0. The largest absolute Gasteiger partial charge is 0.314 e. The lowest BCUT2D eigenvalue weighted by Crippen LogP contribution is -2.51. The number of thioether (sulfide) groups is 1. The Morgan fingerprint density at radius 1 is 0.889 bits per heavy atom. The van der Waals surface area contributed by atoms with Gasteiger partial charge in [0.1, 0.15) is 0 Å². The van der Waals surface area contributed by atoms with Crippen LogP contribution in [0.5, 0.6) is 0 Å². The molecule has 0 aromatic carbocycles. The average Bonchev–Trinajstić information content (AvgIpc) is 1.57. The van der Waals surface area contributed by atoms with E-state index in [1.54, 1.807) is 0 Å². The summed E-state index contributed by atoms with van der Waals surface area (Å²) < 4.78 is 0. The van der Waals surface area contributed by atoms with Crippen molar-refractivity contribution in [2.45, 2.75) is 10.5 Å². The van der Waals surface area contributed by atoms with E-state index in [1.165, 1.54) is 26.2 Å². The van der Waals surface area contributed by atoms with E-state index < -0.39 is 0 Å². The highest BCUT2D eigenvalue weighted by Crippen LogP contribution is 2.22. The molecule has 2 saturated heterocycles. The second kappa shape index (κ2) is 2.48. The molecule has 0 unspecified atom stereocenters. The molecule has 0 amide bonds. The van der Waals surface area contributed by atoms with Gasteiger partial charge in [-0.3, -0.25) is 0 Å². The summed E-state index contributed by atoms with van der Waals surface area (Å²) in [5, 5.41) is 8.40. The monoisotopic (exact) mass is 144 g/mol. The minimum atomic E-state index is 0.928. The molecule has 2 fully saturated rings. The summed E-state index contributed by atoms with van der Waals surface area (Å²) >= 11 is 2.15. The molecule has 0 aromatic heterocycles. The first-order valence-corrected chi connectivity index (χ1v) is 4.46. The molecule has 3 heteroatoms. The summed E-state index contributed by atoms with van der Waals surface area (Å²) in [4.78, 5) is 0. The molecule has 0 saturated carbocycles. The third kappa shape index (κ3) is 1.23. The molecule has 0 aromatic rings. The number of nitrogens with one attached hydrogen (secondary N) is 2. The second-order valence-electron chi connectivity index (χ2n) is 2.70. The molecule has 2 heterocycles. The number of rotatable bonds is 2. The van der Waals surface area contributed by atoms with Crippen LogP contribution in [0.1, 0.15) is 0 Å². The molecular formula is C6H12N2S. The van der Waals surface area contributed by atoms with E-state index in [9.17, 15) is 0 Å². The van der Waals surface area contributed by atoms with Crippen LogP contribution in [0.3, 0.4) is 0 Å². The van der Waals surface area contributed by atoms with Gasteiger partial charge in [0.2, 0.25) is 0 Å². The Morgan fingerprint density at radius 3 is 1.56 bits per heavy atom. The van der Waals surface area contributed by atoms with Crippen molar-refractivity contribution in [2.75, 3.05) is 26.2 Å². The normalized spacial score (nSPS) is 29.3. The SMILES string of the molecule is C1NCC1SC1CNC1. The van der Waals surface area contributed by atoms with Crippen LogP contribution in [0, 0.1) is 0 Å². The molecule has 2 aliphatic rings. The Kier molecular flexibility index (Phi) is 1.66. The quantitative estimate of drug-likeness (QED) is 0.554. The lowest BCUT2D eigenvalue weighted by atomic mass is 10.3. The topological polar surface area (TPSA) is 24.1 Å². The highest BCUT2D eigenvalue weighted by molar-refractivity contribution is 8.00. The first kappa shape index (κ1) is 6.01. The zero-order valence-corrected chi connectivity index (χ0v) is 6.21. The zero-order valence-electron chi connectivity index (χ0n) is 5.39. The van der Waals surface area contributed by atoms with Crippen LogP contribution in [0.2, 0.25) is 0 Å². The van der Waals surface area contributed by atoms with Crippen LogP contribution in [-0.4, -0.2) is 36.7 Å². The third-order valence-electron chi connectivity index (χ3n) is 1.87. The minimum absolute atomic E-state index is 0.928. The third-order valence-corrected chi connectivity index (χ3v) is 3.31. The van der Waals surface area contributed by atoms with Crippen LogP contribution in [0.4, 0.5) is 0 Å². The Labute approximate surface area is 59.8 Å². The molecule has 2 nitrogen and oxygen atoms in total. The van der Waals surface area contributed by atoms with Crippen molar-refractivity contribution in [3.8, 4) is 0 Å². The molecular weight excluding hydrogens is 132 g/mol. The van der Waals surface area contributed by atoms with Crippen molar-refractivity contribution < 1.29 is 0 Å². The van der Waals surface area contributed by atoms with Gasteiger partial charge in [0.25, 0.3) is 0 Å². The highest BCUT2D eigenvalue weighted by Gasteiger charge is 2.25.